The fourth-order valence-corrected chi connectivity index (χ4v) is 1.91. The maximum Gasteiger partial charge on any atom is 0.147 e. The fraction of sp³-hybridized carbons (Fsp3) is 0.333. The quantitative estimate of drug-likeness (QED) is 0.842. The Kier molecular flexibility index (Phi) is 4.38. The molecule has 0 saturated heterocycles. The zero-order valence-electron chi connectivity index (χ0n) is 11.4. The summed E-state index contributed by atoms with van der Waals surface area (Å²) in [4.78, 5) is 8.16. The molecule has 1 aromatic heterocycles. The molecular weight excluding hydrogens is 260 g/mol. The molecule has 0 aliphatic rings. The molecule has 0 aliphatic heterocycles. The van der Waals surface area contributed by atoms with Crippen LogP contribution >= 0.6 is 11.6 Å². The van der Waals surface area contributed by atoms with Gasteiger partial charge in [-0.15, -0.1) is 0 Å². The minimum absolute atomic E-state index is 0.391. The van der Waals surface area contributed by atoms with Gasteiger partial charge in [0.15, 0.2) is 0 Å². The number of halogens is 1. The highest BCUT2D eigenvalue weighted by Crippen LogP contribution is 2.28. The molecule has 0 unspecified atom stereocenters. The first kappa shape index (κ1) is 13.8. The van der Waals surface area contributed by atoms with Crippen molar-refractivity contribution >= 4 is 11.6 Å². The van der Waals surface area contributed by atoms with Gasteiger partial charge in [0.25, 0.3) is 0 Å². The first-order chi connectivity index (χ1) is 9.06. The summed E-state index contributed by atoms with van der Waals surface area (Å²) in [5, 5.41) is 0.391. The molecule has 2 rings (SSSR count). The lowest BCUT2D eigenvalue weighted by Crippen LogP contribution is -2.02. The van der Waals surface area contributed by atoms with Gasteiger partial charge in [-0.2, -0.15) is 0 Å². The van der Waals surface area contributed by atoms with Gasteiger partial charge in [0.1, 0.15) is 17.5 Å². The molecule has 0 N–H and O–H groups in total. The van der Waals surface area contributed by atoms with Gasteiger partial charge >= 0.3 is 0 Å². The van der Waals surface area contributed by atoms with Crippen molar-refractivity contribution in [2.24, 2.45) is 0 Å². The lowest BCUT2D eigenvalue weighted by atomic mass is 10.0. The lowest BCUT2D eigenvalue weighted by Gasteiger charge is -2.14. The molecule has 19 heavy (non-hydrogen) atoms. The molecule has 4 heteroatoms. The predicted octanol–water partition coefficient (Wildman–Crippen LogP) is 4.14. The number of rotatable bonds is 4. The minimum Gasteiger partial charge on any atom is -0.487 e. The molecule has 3 nitrogen and oxygen atoms in total. The second kappa shape index (κ2) is 6.02. The monoisotopic (exact) mass is 276 g/mol. The summed E-state index contributed by atoms with van der Waals surface area (Å²) in [6.07, 6.45) is 3.16. The van der Waals surface area contributed by atoms with Gasteiger partial charge in [-0.25, -0.2) is 4.98 Å². The van der Waals surface area contributed by atoms with Crippen LogP contribution in [0.15, 0.2) is 30.6 Å². The summed E-state index contributed by atoms with van der Waals surface area (Å²) in [5.41, 5.74) is 3.15. The average molecular weight is 277 g/mol. The van der Waals surface area contributed by atoms with Gasteiger partial charge in [0.2, 0.25) is 0 Å². The van der Waals surface area contributed by atoms with Crippen molar-refractivity contribution in [3.63, 3.8) is 0 Å². The van der Waals surface area contributed by atoms with Gasteiger partial charge in [-0.1, -0.05) is 37.6 Å². The Morgan fingerprint density at radius 1 is 1.21 bits per heavy atom. The highest BCUT2D eigenvalue weighted by atomic mass is 35.5. The van der Waals surface area contributed by atoms with E-state index in [1.54, 1.807) is 6.20 Å². The molecule has 1 aromatic carbocycles. The third-order valence-corrected chi connectivity index (χ3v) is 3.04. The van der Waals surface area contributed by atoms with Gasteiger partial charge in [0, 0.05) is 0 Å². The molecule has 0 amide bonds. The summed E-state index contributed by atoms with van der Waals surface area (Å²) in [7, 11) is 0. The van der Waals surface area contributed by atoms with Gasteiger partial charge < -0.3 is 4.74 Å². The maximum atomic E-state index is 5.86. The van der Waals surface area contributed by atoms with E-state index in [4.69, 9.17) is 16.3 Å². The second-order valence-corrected chi connectivity index (χ2v) is 5.20. The summed E-state index contributed by atoms with van der Waals surface area (Å²) in [5.74, 6) is 1.33. The van der Waals surface area contributed by atoms with E-state index in [1.165, 1.54) is 17.3 Å². The third kappa shape index (κ3) is 3.67. The summed E-state index contributed by atoms with van der Waals surface area (Å²) in [6, 6.07) is 6.27. The maximum absolute atomic E-state index is 5.86. The van der Waals surface area contributed by atoms with Crippen LogP contribution in [0.1, 0.15) is 36.6 Å². The number of benzene rings is 1. The molecular formula is C15H17ClN2O. The molecule has 0 saturated carbocycles. The van der Waals surface area contributed by atoms with Crippen LogP contribution in [0.3, 0.4) is 0 Å². The topological polar surface area (TPSA) is 35.0 Å². The Morgan fingerprint density at radius 2 is 2.00 bits per heavy atom. The van der Waals surface area contributed by atoms with E-state index in [0.29, 0.717) is 17.7 Å². The van der Waals surface area contributed by atoms with Crippen molar-refractivity contribution < 1.29 is 4.74 Å². The Bertz CT molecular complexity index is 553. The normalized spacial score (nSPS) is 10.8. The van der Waals surface area contributed by atoms with E-state index in [-0.39, 0.29) is 0 Å². The fourth-order valence-electron chi connectivity index (χ4n) is 1.81. The standard InChI is InChI=1S/C15H17ClN2O/c1-10(2)13-5-4-11(3)6-14(13)19-9-12-7-18-15(16)8-17-12/h4-8,10H,9H2,1-3H3. The number of nitrogens with zero attached hydrogens (tertiary/aromatic N) is 2. The van der Waals surface area contributed by atoms with Crippen molar-refractivity contribution in [3.8, 4) is 5.75 Å². The summed E-state index contributed by atoms with van der Waals surface area (Å²) in [6.45, 7) is 6.76. The second-order valence-electron chi connectivity index (χ2n) is 4.82. The van der Waals surface area contributed by atoms with Gasteiger partial charge in [0.05, 0.1) is 18.1 Å². The Labute approximate surface area is 118 Å². The van der Waals surface area contributed by atoms with E-state index in [0.717, 1.165) is 11.4 Å². The van der Waals surface area contributed by atoms with Crippen LogP contribution in [0.5, 0.6) is 5.75 Å². The van der Waals surface area contributed by atoms with E-state index in [9.17, 15) is 0 Å². The van der Waals surface area contributed by atoms with Crippen molar-refractivity contribution in [2.45, 2.75) is 33.3 Å². The molecule has 1 heterocycles. The average Bonchev–Trinajstić information content (AvgIpc) is 2.38. The van der Waals surface area contributed by atoms with Crippen LogP contribution < -0.4 is 4.74 Å². The van der Waals surface area contributed by atoms with Crippen LogP contribution in [-0.4, -0.2) is 9.97 Å². The number of hydrogen-bond donors (Lipinski definition) is 0. The highest BCUT2D eigenvalue weighted by molar-refractivity contribution is 6.29. The van der Waals surface area contributed by atoms with Crippen molar-refractivity contribution in [3.05, 3.63) is 52.6 Å². The molecule has 2 aromatic rings. The van der Waals surface area contributed by atoms with Crippen LogP contribution in [0, 0.1) is 6.92 Å². The first-order valence-electron chi connectivity index (χ1n) is 6.26. The molecule has 0 bridgehead atoms. The minimum atomic E-state index is 0.391. The van der Waals surface area contributed by atoms with E-state index < -0.39 is 0 Å². The van der Waals surface area contributed by atoms with Crippen LogP contribution in [-0.2, 0) is 6.61 Å². The Hall–Kier alpha value is -1.61. The Balaban J connectivity index is 2.14. The zero-order valence-corrected chi connectivity index (χ0v) is 12.1. The molecule has 100 valence electrons. The number of ether oxygens (including phenoxy) is 1. The van der Waals surface area contributed by atoms with Gasteiger partial charge in [-0.3, -0.25) is 4.98 Å². The number of aryl methyl sites for hydroxylation is 1. The van der Waals surface area contributed by atoms with Crippen LogP contribution in [0.4, 0.5) is 0 Å². The molecule has 0 aliphatic carbocycles. The Morgan fingerprint density at radius 3 is 2.63 bits per heavy atom. The molecule has 0 spiro atoms. The molecule has 0 fully saturated rings. The largest absolute Gasteiger partial charge is 0.487 e. The summed E-state index contributed by atoms with van der Waals surface area (Å²) >= 11 is 5.70. The highest BCUT2D eigenvalue weighted by Gasteiger charge is 2.08. The number of hydrogen-bond acceptors (Lipinski definition) is 3. The van der Waals surface area contributed by atoms with Crippen molar-refractivity contribution in [1.82, 2.24) is 9.97 Å². The first-order valence-corrected chi connectivity index (χ1v) is 6.64. The van der Waals surface area contributed by atoms with Crippen LogP contribution in [0.2, 0.25) is 5.15 Å². The van der Waals surface area contributed by atoms with E-state index >= 15 is 0 Å². The van der Waals surface area contributed by atoms with Crippen LogP contribution in [0.25, 0.3) is 0 Å². The van der Waals surface area contributed by atoms with Gasteiger partial charge in [-0.05, 0) is 30.0 Å². The smallest absolute Gasteiger partial charge is 0.147 e. The van der Waals surface area contributed by atoms with E-state index in [2.05, 4.69) is 48.9 Å². The third-order valence-electron chi connectivity index (χ3n) is 2.84. The molecule has 0 radical (unpaired) electrons. The van der Waals surface area contributed by atoms with Crippen molar-refractivity contribution in [2.75, 3.05) is 0 Å². The predicted molar refractivity (Wildman–Crippen MR) is 76.6 cm³/mol. The SMILES string of the molecule is Cc1ccc(C(C)C)c(OCc2cnc(Cl)cn2)c1. The van der Waals surface area contributed by atoms with E-state index in [1.807, 2.05) is 0 Å². The lowest BCUT2D eigenvalue weighted by molar-refractivity contribution is 0.296. The zero-order chi connectivity index (χ0) is 13.8. The number of aromatic nitrogens is 2. The molecule has 0 atom stereocenters. The summed E-state index contributed by atoms with van der Waals surface area (Å²) < 4.78 is 5.86. The van der Waals surface area contributed by atoms with Crippen molar-refractivity contribution in [1.29, 1.82) is 0 Å².